The van der Waals surface area contributed by atoms with Crippen molar-refractivity contribution in [1.29, 1.82) is 0 Å². The Balaban J connectivity index is 1.74. The molecule has 6 nitrogen and oxygen atoms in total. The molecule has 1 amide bonds. The van der Waals surface area contributed by atoms with E-state index < -0.39 is 16.1 Å². The van der Waals surface area contributed by atoms with Gasteiger partial charge in [0.05, 0.1) is 4.90 Å². The fourth-order valence-electron chi connectivity index (χ4n) is 2.82. The van der Waals surface area contributed by atoms with Crippen LogP contribution >= 0.6 is 0 Å². The lowest BCUT2D eigenvalue weighted by Gasteiger charge is -2.14. The van der Waals surface area contributed by atoms with E-state index in [9.17, 15) is 13.2 Å². The lowest BCUT2D eigenvalue weighted by atomic mass is 10.1. The Morgan fingerprint density at radius 3 is 2.64 bits per heavy atom. The van der Waals surface area contributed by atoms with Crippen molar-refractivity contribution in [2.45, 2.75) is 30.2 Å². The monoisotopic (exact) mass is 359 g/mol. The van der Waals surface area contributed by atoms with Gasteiger partial charge in [-0.15, -0.1) is 0 Å². The van der Waals surface area contributed by atoms with Gasteiger partial charge in [-0.2, -0.15) is 0 Å². The van der Waals surface area contributed by atoms with Crippen LogP contribution in [0.15, 0.2) is 53.4 Å². The lowest BCUT2D eigenvalue weighted by Crippen LogP contribution is -2.32. The largest absolute Gasteiger partial charge is 0.326 e. The molecule has 1 aliphatic heterocycles. The summed E-state index contributed by atoms with van der Waals surface area (Å²) in [5.74, 6) is -0.0404. The van der Waals surface area contributed by atoms with Crippen LogP contribution in [0, 0.1) is 0 Å². The molecule has 0 spiro atoms. The zero-order valence-corrected chi connectivity index (χ0v) is 14.6. The molecule has 0 saturated carbocycles. The van der Waals surface area contributed by atoms with E-state index in [1.807, 2.05) is 30.3 Å². The van der Waals surface area contributed by atoms with Gasteiger partial charge in [0.2, 0.25) is 15.9 Å². The maximum Gasteiger partial charge on any atom is 0.240 e. The third-order valence-corrected chi connectivity index (χ3v) is 5.65. The van der Waals surface area contributed by atoms with Gasteiger partial charge in [0.15, 0.2) is 0 Å². The number of hydrogen-bond donors (Lipinski definition) is 3. The summed E-state index contributed by atoms with van der Waals surface area (Å²) in [5, 5.41) is 2.80. The smallest absolute Gasteiger partial charge is 0.240 e. The molecule has 0 fully saturated rings. The molecule has 4 N–H and O–H groups in total. The number of rotatable bonds is 5. The predicted molar refractivity (Wildman–Crippen MR) is 96.6 cm³/mol. The summed E-state index contributed by atoms with van der Waals surface area (Å²) in [5.41, 5.74) is 8.44. The van der Waals surface area contributed by atoms with Crippen LogP contribution in [0.4, 0.5) is 5.69 Å². The average Bonchev–Trinajstić information content (AvgIpc) is 2.80. The third-order valence-electron chi connectivity index (χ3n) is 4.23. The fourth-order valence-corrected chi connectivity index (χ4v) is 3.93. The van der Waals surface area contributed by atoms with Crippen LogP contribution in [-0.4, -0.2) is 20.9 Å². The zero-order valence-electron chi connectivity index (χ0n) is 13.7. The number of hydrogen-bond acceptors (Lipinski definition) is 4. The molecule has 1 heterocycles. The minimum atomic E-state index is -3.66. The normalized spacial score (nSPS) is 15.8. The fraction of sp³-hybridized carbons (Fsp3) is 0.278. The molecule has 2 aromatic rings. The minimum absolute atomic E-state index is 0.0404. The summed E-state index contributed by atoms with van der Waals surface area (Å²) < 4.78 is 27.7. The third kappa shape index (κ3) is 4.25. The van der Waals surface area contributed by atoms with E-state index in [0.29, 0.717) is 24.9 Å². The first-order chi connectivity index (χ1) is 12.0. The maximum atomic E-state index is 12.5. The van der Waals surface area contributed by atoms with Gasteiger partial charge in [-0.25, -0.2) is 13.1 Å². The Bertz CT molecular complexity index is 866. The van der Waals surface area contributed by atoms with E-state index in [0.717, 1.165) is 11.1 Å². The Hall–Kier alpha value is -2.22. The summed E-state index contributed by atoms with van der Waals surface area (Å²) in [7, 11) is -3.66. The van der Waals surface area contributed by atoms with Gasteiger partial charge in [0, 0.05) is 24.7 Å². The first-order valence-corrected chi connectivity index (χ1v) is 9.67. The Kier molecular flexibility index (Phi) is 5.17. The van der Waals surface area contributed by atoms with Crippen molar-refractivity contribution in [1.82, 2.24) is 4.72 Å². The molecule has 25 heavy (non-hydrogen) atoms. The van der Waals surface area contributed by atoms with Crippen molar-refractivity contribution in [3.63, 3.8) is 0 Å². The molecule has 0 aliphatic carbocycles. The quantitative estimate of drug-likeness (QED) is 0.759. The van der Waals surface area contributed by atoms with E-state index in [1.54, 1.807) is 12.1 Å². The second kappa shape index (κ2) is 7.35. The lowest BCUT2D eigenvalue weighted by molar-refractivity contribution is -0.116. The van der Waals surface area contributed by atoms with Gasteiger partial charge in [-0.1, -0.05) is 30.3 Å². The average molecular weight is 359 g/mol. The Labute approximate surface area is 147 Å². The summed E-state index contributed by atoms with van der Waals surface area (Å²) >= 11 is 0. The molecular weight excluding hydrogens is 338 g/mol. The molecule has 1 atom stereocenters. The second-order valence-electron chi connectivity index (χ2n) is 6.09. The van der Waals surface area contributed by atoms with Crippen LogP contribution in [0.1, 0.15) is 30.0 Å². The van der Waals surface area contributed by atoms with Crippen molar-refractivity contribution in [2.24, 2.45) is 5.73 Å². The van der Waals surface area contributed by atoms with E-state index in [1.165, 1.54) is 6.07 Å². The summed E-state index contributed by atoms with van der Waals surface area (Å²) in [6.45, 7) is 0.111. The molecule has 0 saturated heterocycles. The highest BCUT2D eigenvalue weighted by atomic mass is 32.2. The number of aryl methyl sites for hydroxylation is 1. The van der Waals surface area contributed by atoms with E-state index in [4.69, 9.17) is 5.73 Å². The number of carbonyl (C=O) groups is 1. The van der Waals surface area contributed by atoms with Crippen molar-refractivity contribution in [3.8, 4) is 0 Å². The zero-order chi connectivity index (χ0) is 17.9. The number of fused-ring (bicyclic) bond motifs is 1. The predicted octanol–water partition coefficient (Wildman–Crippen LogP) is 1.94. The molecule has 132 valence electrons. The molecule has 2 aromatic carbocycles. The van der Waals surface area contributed by atoms with Crippen LogP contribution in [0.25, 0.3) is 0 Å². The van der Waals surface area contributed by atoms with Gasteiger partial charge >= 0.3 is 0 Å². The van der Waals surface area contributed by atoms with Crippen molar-refractivity contribution < 1.29 is 13.2 Å². The summed E-state index contributed by atoms with van der Waals surface area (Å²) in [6.07, 6.45) is 1.82. The highest BCUT2D eigenvalue weighted by molar-refractivity contribution is 7.89. The van der Waals surface area contributed by atoms with Crippen LogP contribution in [-0.2, 0) is 21.2 Å². The van der Waals surface area contributed by atoms with Gasteiger partial charge in [-0.05, 0) is 42.2 Å². The molecule has 1 aliphatic rings. The minimum Gasteiger partial charge on any atom is -0.326 e. The number of benzene rings is 2. The molecule has 0 radical (unpaired) electrons. The van der Waals surface area contributed by atoms with Crippen molar-refractivity contribution in [3.05, 3.63) is 59.7 Å². The Morgan fingerprint density at radius 1 is 1.12 bits per heavy atom. The summed E-state index contributed by atoms with van der Waals surface area (Å²) in [4.78, 5) is 11.8. The highest BCUT2D eigenvalue weighted by Crippen LogP contribution is 2.25. The molecule has 0 aromatic heterocycles. The standard InChI is InChI=1S/C18H21N3O3S/c19-16(13-5-2-1-3-6-13)12-20-25(23,24)15-9-10-17-14(11-15)7-4-8-18(22)21-17/h1-3,5-6,9-11,16,20H,4,7-8,12,19H2,(H,21,22). The van der Waals surface area contributed by atoms with Crippen molar-refractivity contribution >= 4 is 21.6 Å². The van der Waals surface area contributed by atoms with E-state index >= 15 is 0 Å². The molecular formula is C18H21N3O3S. The molecule has 1 unspecified atom stereocenters. The number of carbonyl (C=O) groups excluding carboxylic acids is 1. The SMILES string of the molecule is NC(CNS(=O)(=O)c1ccc2c(c1)CCCC(=O)N2)c1ccccc1. The number of sulfonamides is 1. The van der Waals surface area contributed by atoms with Gasteiger partial charge in [0.1, 0.15) is 0 Å². The van der Waals surface area contributed by atoms with Crippen LogP contribution in [0.5, 0.6) is 0 Å². The number of nitrogens with two attached hydrogens (primary N) is 1. The topological polar surface area (TPSA) is 101 Å². The molecule has 0 bridgehead atoms. The van der Waals surface area contributed by atoms with E-state index in [-0.39, 0.29) is 17.3 Å². The summed E-state index contributed by atoms with van der Waals surface area (Å²) in [6, 6.07) is 13.7. The Morgan fingerprint density at radius 2 is 1.88 bits per heavy atom. The van der Waals surface area contributed by atoms with Crippen LogP contribution < -0.4 is 15.8 Å². The number of nitrogens with one attached hydrogen (secondary N) is 2. The van der Waals surface area contributed by atoms with Crippen LogP contribution in [0.3, 0.4) is 0 Å². The van der Waals surface area contributed by atoms with Crippen molar-refractivity contribution in [2.75, 3.05) is 11.9 Å². The number of anilines is 1. The molecule has 3 rings (SSSR count). The second-order valence-corrected chi connectivity index (χ2v) is 7.86. The highest BCUT2D eigenvalue weighted by Gasteiger charge is 2.19. The van der Waals surface area contributed by atoms with E-state index in [2.05, 4.69) is 10.0 Å². The van der Waals surface area contributed by atoms with Crippen LogP contribution in [0.2, 0.25) is 0 Å². The maximum absolute atomic E-state index is 12.5. The number of amides is 1. The first-order valence-electron chi connectivity index (χ1n) is 8.19. The molecule has 7 heteroatoms. The van der Waals surface area contributed by atoms with Gasteiger partial charge in [0.25, 0.3) is 0 Å². The van der Waals surface area contributed by atoms with Gasteiger partial charge < -0.3 is 11.1 Å². The first kappa shape index (κ1) is 17.6. The van der Waals surface area contributed by atoms with Gasteiger partial charge in [-0.3, -0.25) is 4.79 Å².